The molecule has 11 nitrogen and oxygen atoms in total. The van der Waals surface area contributed by atoms with E-state index < -0.39 is 30.3 Å². The molecule has 0 spiro atoms. The first-order valence-corrected chi connectivity index (χ1v) is 19.2. The number of hydrogen-bond donors (Lipinski definition) is 3. The first kappa shape index (κ1) is 38.5. The van der Waals surface area contributed by atoms with E-state index in [2.05, 4.69) is 5.32 Å². The van der Waals surface area contributed by atoms with Gasteiger partial charge in [0.1, 0.15) is 12.6 Å². The van der Waals surface area contributed by atoms with Crippen molar-refractivity contribution < 1.29 is 43.6 Å². The van der Waals surface area contributed by atoms with Crippen LogP contribution in [-0.4, -0.2) is 56.9 Å². The number of nitrogens with one attached hydrogen (secondary N) is 1. The van der Waals surface area contributed by atoms with Gasteiger partial charge >= 0.3 is 12.1 Å². The summed E-state index contributed by atoms with van der Waals surface area (Å²) < 4.78 is 18.4. The normalized spacial score (nSPS) is 19.5. The van der Waals surface area contributed by atoms with Crippen molar-refractivity contribution in [2.24, 2.45) is 0 Å². The van der Waals surface area contributed by atoms with Crippen molar-refractivity contribution in [3.63, 3.8) is 0 Å². The molecule has 286 valence electrons. The van der Waals surface area contributed by atoms with Crippen molar-refractivity contribution in [2.75, 3.05) is 5.75 Å². The number of aromatic carboxylic acids is 1. The van der Waals surface area contributed by atoms with Crippen LogP contribution in [-0.2, 0) is 43.6 Å². The van der Waals surface area contributed by atoms with Crippen molar-refractivity contribution in [3.8, 4) is 11.1 Å². The maximum atomic E-state index is 13.2. The van der Waals surface area contributed by atoms with E-state index in [9.17, 15) is 29.4 Å². The topological polar surface area (TPSA) is 152 Å². The second-order valence-corrected chi connectivity index (χ2v) is 14.6. The Labute approximate surface area is 328 Å². The zero-order valence-electron chi connectivity index (χ0n) is 30.3. The zero-order chi connectivity index (χ0) is 39.0. The molecule has 12 heteroatoms. The lowest BCUT2D eigenvalue weighted by atomic mass is 9.99. The van der Waals surface area contributed by atoms with Crippen LogP contribution in [0.3, 0.4) is 0 Å². The molecule has 5 aromatic rings. The minimum absolute atomic E-state index is 0.0401. The van der Waals surface area contributed by atoms with Gasteiger partial charge in [0.2, 0.25) is 5.91 Å². The fourth-order valence-corrected chi connectivity index (χ4v) is 7.81. The number of carboxylic acids is 1. The number of aliphatic hydroxyl groups is 1. The second-order valence-electron chi connectivity index (χ2n) is 13.6. The maximum Gasteiger partial charge on any atom is 0.408 e. The summed E-state index contributed by atoms with van der Waals surface area (Å²) in [6.45, 7) is 0.0157. The molecule has 5 aromatic carbocycles. The fourth-order valence-electron chi connectivity index (χ4n) is 6.74. The van der Waals surface area contributed by atoms with Gasteiger partial charge in [-0.25, -0.2) is 9.59 Å². The van der Waals surface area contributed by atoms with Gasteiger partial charge in [0.05, 0.1) is 37.3 Å². The molecule has 0 aromatic heterocycles. The van der Waals surface area contributed by atoms with E-state index in [4.69, 9.17) is 14.2 Å². The number of nitrogens with zero attached hydrogens (tertiary/aromatic N) is 1. The van der Waals surface area contributed by atoms with Crippen LogP contribution in [0.25, 0.3) is 11.1 Å². The molecular formula is C44H40N2O9S. The second kappa shape index (κ2) is 17.8. The summed E-state index contributed by atoms with van der Waals surface area (Å²) in [5.74, 6) is -1.37. The average molecular weight is 773 g/mol. The van der Waals surface area contributed by atoms with E-state index in [1.807, 2.05) is 109 Å². The third kappa shape index (κ3) is 9.35. The van der Waals surface area contributed by atoms with Crippen LogP contribution in [0.4, 0.5) is 4.79 Å². The Hall–Kier alpha value is -5.79. The Morgan fingerprint density at radius 3 is 2.27 bits per heavy atom. The minimum Gasteiger partial charge on any atom is -0.478 e. The summed E-state index contributed by atoms with van der Waals surface area (Å²) in [4.78, 5) is 52.3. The van der Waals surface area contributed by atoms with E-state index in [1.54, 1.807) is 18.2 Å². The lowest BCUT2D eigenvalue weighted by Gasteiger charge is -2.36. The van der Waals surface area contributed by atoms with Gasteiger partial charge in [-0.3, -0.25) is 14.5 Å². The minimum atomic E-state index is -1.01. The Bertz CT molecular complexity index is 2200. The SMILES string of the molecule is O=C(NC1CC(=O)N(Cc2cccc(-c3cccc([C@H]4O[C@@H](CSc5ccccc5C(=O)O)C[C@@H](c5ccc(CO)cc5)O4)c3)c2)C1=O)OCc1ccccc1. The molecule has 4 atom stereocenters. The van der Waals surface area contributed by atoms with Gasteiger partial charge in [-0.1, -0.05) is 103 Å². The van der Waals surface area contributed by atoms with Gasteiger partial charge < -0.3 is 29.7 Å². The monoisotopic (exact) mass is 772 g/mol. The third-order valence-electron chi connectivity index (χ3n) is 9.67. The van der Waals surface area contributed by atoms with E-state index in [0.29, 0.717) is 17.1 Å². The number of likely N-dealkylation sites (tertiary alicyclic amines) is 1. The van der Waals surface area contributed by atoms with Gasteiger partial charge in [-0.15, -0.1) is 11.8 Å². The number of imide groups is 1. The molecule has 2 aliphatic rings. The fraction of sp³-hybridized carbons (Fsp3) is 0.227. The first-order chi connectivity index (χ1) is 27.2. The van der Waals surface area contributed by atoms with Gasteiger partial charge in [0.25, 0.3) is 5.91 Å². The summed E-state index contributed by atoms with van der Waals surface area (Å²) in [5, 5.41) is 21.8. The maximum absolute atomic E-state index is 13.2. The zero-order valence-corrected chi connectivity index (χ0v) is 31.1. The molecule has 2 heterocycles. The number of rotatable bonds is 13. The molecular weight excluding hydrogens is 733 g/mol. The molecule has 3 amide bonds. The Kier molecular flexibility index (Phi) is 12.2. The van der Waals surface area contributed by atoms with Crippen LogP contribution < -0.4 is 5.32 Å². The van der Waals surface area contributed by atoms with Crippen molar-refractivity contribution in [2.45, 2.75) is 62.0 Å². The molecule has 0 saturated carbocycles. The van der Waals surface area contributed by atoms with Crippen LogP contribution in [0.15, 0.2) is 132 Å². The number of ether oxygens (including phenoxy) is 3. The average Bonchev–Trinajstić information content (AvgIpc) is 3.49. The van der Waals surface area contributed by atoms with E-state index in [1.165, 1.54) is 11.8 Å². The predicted molar refractivity (Wildman–Crippen MR) is 208 cm³/mol. The highest BCUT2D eigenvalue weighted by Crippen LogP contribution is 2.40. The van der Waals surface area contributed by atoms with E-state index in [-0.39, 0.29) is 49.9 Å². The number of benzene rings is 5. The van der Waals surface area contributed by atoms with E-state index >= 15 is 0 Å². The Balaban J connectivity index is 1.04. The lowest BCUT2D eigenvalue weighted by molar-refractivity contribution is -0.245. The molecule has 3 N–H and O–H groups in total. The summed E-state index contributed by atoms with van der Waals surface area (Å²) in [5.41, 5.74) is 6.00. The summed E-state index contributed by atoms with van der Waals surface area (Å²) in [6.07, 6.45) is -1.73. The number of alkyl carbamates (subject to hydrolysis) is 1. The van der Waals surface area contributed by atoms with Crippen molar-refractivity contribution in [3.05, 3.63) is 161 Å². The molecule has 7 rings (SSSR count). The molecule has 1 unspecified atom stereocenters. The Morgan fingerprint density at radius 1 is 0.786 bits per heavy atom. The molecule has 0 radical (unpaired) electrons. The number of amides is 3. The Morgan fingerprint density at radius 2 is 1.50 bits per heavy atom. The third-order valence-corrected chi connectivity index (χ3v) is 10.9. The number of aliphatic hydroxyl groups excluding tert-OH is 1. The van der Waals surface area contributed by atoms with Crippen molar-refractivity contribution >= 4 is 35.6 Å². The van der Waals surface area contributed by atoms with Gasteiger partial charge in [-0.05, 0) is 57.6 Å². The number of thioether (sulfide) groups is 1. The van der Waals surface area contributed by atoms with Crippen molar-refractivity contribution in [1.29, 1.82) is 0 Å². The van der Waals surface area contributed by atoms with Crippen LogP contribution >= 0.6 is 11.8 Å². The van der Waals surface area contributed by atoms with Gasteiger partial charge in [-0.2, -0.15) is 0 Å². The van der Waals surface area contributed by atoms with Crippen molar-refractivity contribution in [1.82, 2.24) is 10.2 Å². The highest BCUT2D eigenvalue weighted by molar-refractivity contribution is 7.99. The molecule has 2 fully saturated rings. The molecule has 2 saturated heterocycles. The summed E-state index contributed by atoms with van der Waals surface area (Å²) in [7, 11) is 0. The van der Waals surface area contributed by atoms with Crippen LogP contribution in [0, 0.1) is 0 Å². The lowest BCUT2D eigenvalue weighted by Crippen LogP contribution is -2.41. The number of carbonyl (C=O) groups is 4. The largest absolute Gasteiger partial charge is 0.478 e. The standard InChI is InChI=1S/C44H40N2O9S/c47-25-28-16-18-31(19-17-28)38-22-35(27-56-39-15-5-4-14-36(39)42(50)51)54-43(55-38)34-13-7-12-33(21-34)32-11-6-10-30(20-32)24-46-40(48)23-37(41(46)49)45-44(52)53-26-29-8-2-1-3-9-29/h1-21,35,37-38,43,47H,22-27H2,(H,45,52)(H,50,51)/t35-,37?,38+,43+/m1/s1. The molecule has 0 bridgehead atoms. The summed E-state index contributed by atoms with van der Waals surface area (Å²) >= 11 is 1.43. The predicted octanol–water partition coefficient (Wildman–Crippen LogP) is 7.44. The molecule has 2 aliphatic heterocycles. The van der Waals surface area contributed by atoms with Crippen LogP contribution in [0.2, 0.25) is 0 Å². The van der Waals surface area contributed by atoms with Gasteiger partial charge in [0, 0.05) is 22.6 Å². The molecule has 56 heavy (non-hydrogen) atoms. The van der Waals surface area contributed by atoms with E-state index in [0.717, 1.165) is 43.8 Å². The quantitative estimate of drug-likeness (QED) is 0.0814. The van der Waals surface area contributed by atoms with Gasteiger partial charge in [0.15, 0.2) is 6.29 Å². The molecule has 0 aliphatic carbocycles. The first-order valence-electron chi connectivity index (χ1n) is 18.2. The smallest absolute Gasteiger partial charge is 0.408 e. The highest BCUT2D eigenvalue weighted by Gasteiger charge is 2.40. The van der Waals surface area contributed by atoms with Crippen LogP contribution in [0.1, 0.15) is 63.4 Å². The number of hydrogen-bond acceptors (Lipinski definition) is 9. The number of carboxylic acid groups (broad SMARTS) is 1. The highest BCUT2D eigenvalue weighted by atomic mass is 32.2. The summed E-state index contributed by atoms with van der Waals surface area (Å²) in [6, 6.07) is 38.0. The van der Waals surface area contributed by atoms with Crippen LogP contribution in [0.5, 0.6) is 0 Å². The number of carbonyl (C=O) groups excluding carboxylic acids is 3.